The lowest BCUT2D eigenvalue weighted by Gasteiger charge is -2.33. The molecule has 1 atom stereocenters. The van der Waals surface area contributed by atoms with Crippen LogP contribution in [0, 0.1) is 12.3 Å². The van der Waals surface area contributed by atoms with Gasteiger partial charge in [0.2, 0.25) is 5.91 Å². The molecule has 1 unspecified atom stereocenters. The molecule has 2 amide bonds. The standard InChI is InChI=1S/C33H38N6O4/c1-21-24(7-6-8-25(21)33(31(34)42)14-13-27(35-20-33)32(2,3)4)26-19-38(5)30(41)28(37-26)36-23-11-9-22(10-12-23)29(40)39-15-17-43-18-16-39/h6-14,19H,15-18,20H2,1-5H3,(H2,34,42)(H,36,37). The van der Waals surface area contributed by atoms with E-state index >= 15 is 0 Å². The molecular formula is C33H38N6O4. The van der Waals surface area contributed by atoms with Gasteiger partial charge in [0.05, 0.1) is 25.5 Å². The zero-order chi connectivity index (χ0) is 30.9. The van der Waals surface area contributed by atoms with Crippen LogP contribution in [0.2, 0.25) is 0 Å². The number of hydrogen-bond acceptors (Lipinski definition) is 7. The number of primary amides is 1. The molecular weight excluding hydrogens is 544 g/mol. The number of hydrogen-bond donors (Lipinski definition) is 2. The fourth-order valence-corrected chi connectivity index (χ4v) is 5.49. The summed E-state index contributed by atoms with van der Waals surface area (Å²) >= 11 is 0. The van der Waals surface area contributed by atoms with Gasteiger partial charge in [-0.15, -0.1) is 0 Å². The van der Waals surface area contributed by atoms with Crippen LogP contribution < -0.4 is 16.6 Å². The minimum Gasteiger partial charge on any atom is -0.378 e. The molecule has 2 aliphatic rings. The fraction of sp³-hybridized carbons (Fsp3) is 0.364. The van der Waals surface area contributed by atoms with Gasteiger partial charge in [-0.05, 0) is 48.4 Å². The number of aryl methyl sites for hydroxylation is 1. The lowest BCUT2D eigenvalue weighted by molar-refractivity contribution is -0.121. The molecule has 10 nitrogen and oxygen atoms in total. The van der Waals surface area contributed by atoms with Crippen LogP contribution in [-0.2, 0) is 22.0 Å². The van der Waals surface area contributed by atoms with Gasteiger partial charge in [0.1, 0.15) is 5.41 Å². The SMILES string of the molecule is Cc1c(-c2cn(C)c(=O)c(Nc3ccc(C(=O)N4CCOCC4)cc3)n2)cccc1C1(C(N)=O)C=CC(C(C)(C)C)=NC1. The number of dihydropyridines is 1. The molecule has 1 saturated heterocycles. The molecule has 224 valence electrons. The maximum atomic E-state index is 13.1. The second-order valence-electron chi connectivity index (χ2n) is 12.1. The van der Waals surface area contributed by atoms with Gasteiger partial charge in [-0.1, -0.05) is 45.0 Å². The number of nitrogens with two attached hydrogens (primary N) is 1. The summed E-state index contributed by atoms with van der Waals surface area (Å²) in [7, 11) is 1.67. The van der Waals surface area contributed by atoms with Crippen LogP contribution in [0.15, 0.2) is 70.6 Å². The number of rotatable bonds is 6. The number of nitrogens with zero attached hydrogens (tertiary/aromatic N) is 4. The fourth-order valence-electron chi connectivity index (χ4n) is 5.49. The maximum Gasteiger partial charge on any atom is 0.293 e. The number of carbonyl (C=O) groups is 2. The molecule has 10 heteroatoms. The average molecular weight is 583 g/mol. The van der Waals surface area contributed by atoms with Gasteiger partial charge in [0.25, 0.3) is 11.5 Å². The van der Waals surface area contributed by atoms with Crippen LogP contribution in [0.4, 0.5) is 11.5 Å². The summed E-state index contributed by atoms with van der Waals surface area (Å²) in [6.45, 7) is 10.6. The Labute approximate surface area is 251 Å². The van der Waals surface area contributed by atoms with E-state index in [9.17, 15) is 14.4 Å². The molecule has 1 aromatic heterocycles. The van der Waals surface area contributed by atoms with Crippen molar-refractivity contribution in [2.24, 2.45) is 23.2 Å². The van der Waals surface area contributed by atoms with Crippen molar-refractivity contribution in [1.29, 1.82) is 0 Å². The first-order valence-corrected chi connectivity index (χ1v) is 14.4. The summed E-state index contributed by atoms with van der Waals surface area (Å²) in [6, 6.07) is 12.6. The van der Waals surface area contributed by atoms with E-state index in [0.717, 1.165) is 22.4 Å². The number of nitrogens with one attached hydrogen (secondary N) is 1. The first-order valence-electron chi connectivity index (χ1n) is 14.4. The van der Waals surface area contributed by atoms with Crippen molar-refractivity contribution in [2.45, 2.75) is 33.1 Å². The molecule has 2 aromatic carbocycles. The number of allylic oxidation sites excluding steroid dienone is 1. The third-order valence-corrected chi connectivity index (χ3v) is 8.09. The van der Waals surface area contributed by atoms with Crippen molar-refractivity contribution in [2.75, 3.05) is 38.2 Å². The molecule has 43 heavy (non-hydrogen) atoms. The topological polar surface area (TPSA) is 132 Å². The predicted octanol–water partition coefficient (Wildman–Crippen LogP) is 3.75. The van der Waals surface area contributed by atoms with Crippen molar-refractivity contribution >= 4 is 29.0 Å². The summed E-state index contributed by atoms with van der Waals surface area (Å²) in [5, 5.41) is 3.12. The van der Waals surface area contributed by atoms with Crippen molar-refractivity contribution in [1.82, 2.24) is 14.5 Å². The molecule has 0 radical (unpaired) electrons. The van der Waals surface area contributed by atoms with Gasteiger partial charge in [0.15, 0.2) is 5.82 Å². The van der Waals surface area contributed by atoms with E-state index in [0.29, 0.717) is 43.2 Å². The van der Waals surface area contributed by atoms with Crippen LogP contribution in [0.25, 0.3) is 11.3 Å². The van der Waals surface area contributed by atoms with Crippen LogP contribution in [0.1, 0.15) is 42.3 Å². The van der Waals surface area contributed by atoms with Crippen LogP contribution in [-0.4, -0.2) is 64.8 Å². The first kappa shape index (κ1) is 29.9. The van der Waals surface area contributed by atoms with Gasteiger partial charge in [-0.25, -0.2) is 4.98 Å². The largest absolute Gasteiger partial charge is 0.378 e. The first-order chi connectivity index (χ1) is 20.4. The Bertz CT molecular complexity index is 1680. The third-order valence-electron chi connectivity index (χ3n) is 8.09. The highest BCUT2D eigenvalue weighted by Crippen LogP contribution is 2.37. The Hall–Kier alpha value is -4.57. The Morgan fingerprint density at radius 1 is 1.07 bits per heavy atom. The second-order valence-corrected chi connectivity index (χ2v) is 12.1. The van der Waals surface area contributed by atoms with Crippen molar-refractivity contribution in [3.8, 4) is 11.3 Å². The van der Waals surface area contributed by atoms with Gasteiger partial charge in [-0.2, -0.15) is 0 Å². The lowest BCUT2D eigenvalue weighted by Crippen LogP contribution is -2.45. The van der Waals surface area contributed by atoms with Crippen molar-refractivity contribution in [3.05, 3.63) is 87.9 Å². The van der Waals surface area contributed by atoms with E-state index in [-0.39, 0.29) is 29.2 Å². The van der Waals surface area contributed by atoms with Crippen molar-refractivity contribution in [3.63, 3.8) is 0 Å². The predicted molar refractivity (Wildman–Crippen MR) is 168 cm³/mol. The summed E-state index contributed by atoms with van der Waals surface area (Å²) < 4.78 is 6.81. The van der Waals surface area contributed by atoms with E-state index < -0.39 is 11.3 Å². The summed E-state index contributed by atoms with van der Waals surface area (Å²) in [5.41, 5.74) is 9.44. The summed E-state index contributed by atoms with van der Waals surface area (Å²) in [6.07, 6.45) is 5.43. The number of morpholine rings is 1. The minimum absolute atomic E-state index is 0.0527. The normalized spacial score (nSPS) is 18.7. The number of ether oxygens (including phenoxy) is 1. The molecule has 0 aliphatic carbocycles. The molecule has 5 rings (SSSR count). The van der Waals surface area contributed by atoms with E-state index in [2.05, 4.69) is 26.1 Å². The van der Waals surface area contributed by atoms with Crippen LogP contribution >= 0.6 is 0 Å². The molecule has 1 fully saturated rings. The number of aromatic nitrogens is 2. The van der Waals surface area contributed by atoms with Crippen LogP contribution in [0.3, 0.4) is 0 Å². The lowest BCUT2D eigenvalue weighted by atomic mass is 9.73. The van der Waals surface area contributed by atoms with E-state index in [1.54, 1.807) is 42.4 Å². The molecule has 3 aromatic rings. The molecule has 2 aliphatic heterocycles. The smallest absolute Gasteiger partial charge is 0.293 e. The van der Waals surface area contributed by atoms with E-state index in [1.807, 2.05) is 37.3 Å². The summed E-state index contributed by atoms with van der Waals surface area (Å²) in [4.78, 5) is 50.0. The van der Waals surface area contributed by atoms with Gasteiger partial charge in [-0.3, -0.25) is 19.4 Å². The van der Waals surface area contributed by atoms with Gasteiger partial charge >= 0.3 is 0 Å². The van der Waals surface area contributed by atoms with Crippen LogP contribution in [0.5, 0.6) is 0 Å². The molecule has 3 heterocycles. The van der Waals surface area contributed by atoms with Crippen molar-refractivity contribution < 1.29 is 14.3 Å². The molecule has 0 bridgehead atoms. The number of benzene rings is 2. The Morgan fingerprint density at radius 3 is 2.37 bits per heavy atom. The van der Waals surface area contributed by atoms with Gasteiger partial charge in [0, 0.05) is 54.3 Å². The molecule has 0 saturated carbocycles. The Balaban J connectivity index is 1.45. The highest BCUT2D eigenvalue weighted by atomic mass is 16.5. The number of amides is 2. The highest BCUT2D eigenvalue weighted by molar-refractivity contribution is 6.03. The number of carbonyl (C=O) groups excluding carboxylic acids is 2. The zero-order valence-electron chi connectivity index (χ0n) is 25.3. The Morgan fingerprint density at radius 2 is 1.77 bits per heavy atom. The maximum absolute atomic E-state index is 13.1. The monoisotopic (exact) mass is 582 g/mol. The van der Waals surface area contributed by atoms with E-state index in [4.69, 9.17) is 20.4 Å². The number of anilines is 2. The zero-order valence-corrected chi connectivity index (χ0v) is 25.3. The number of aliphatic imine (C=N–C) groups is 1. The molecule has 0 spiro atoms. The van der Waals surface area contributed by atoms with Gasteiger partial charge < -0.3 is 25.3 Å². The summed E-state index contributed by atoms with van der Waals surface area (Å²) in [5.74, 6) is -0.395. The second kappa shape index (κ2) is 11.6. The third kappa shape index (κ3) is 5.87. The Kier molecular flexibility index (Phi) is 8.07. The minimum atomic E-state index is -1.10. The molecule has 3 N–H and O–H groups in total. The van der Waals surface area contributed by atoms with E-state index in [1.165, 1.54) is 4.57 Å². The average Bonchev–Trinajstić information content (AvgIpc) is 2.99. The highest BCUT2D eigenvalue weighted by Gasteiger charge is 2.40. The quantitative estimate of drug-likeness (QED) is 0.455.